The van der Waals surface area contributed by atoms with Gasteiger partial charge in [0.05, 0.1) is 10.2 Å². The van der Waals surface area contributed by atoms with Crippen LogP contribution in [-0.2, 0) is 4.79 Å². The number of amides is 2. The van der Waals surface area contributed by atoms with E-state index in [2.05, 4.69) is 10.6 Å². The largest absolute Gasteiger partial charge is 0.353 e. The van der Waals surface area contributed by atoms with E-state index in [0.717, 1.165) is 4.90 Å². The van der Waals surface area contributed by atoms with Gasteiger partial charge in [-0.2, -0.15) is 0 Å². The molecule has 148 valence electrons. The molecule has 1 atom stereocenters. The van der Waals surface area contributed by atoms with Crippen molar-refractivity contribution >= 4 is 29.3 Å². The third kappa shape index (κ3) is 6.05. The summed E-state index contributed by atoms with van der Waals surface area (Å²) in [5.74, 6) is -1.08. The molecule has 2 rings (SSSR count). The molecule has 0 aliphatic carbocycles. The van der Waals surface area contributed by atoms with E-state index in [1.54, 1.807) is 26.0 Å². The van der Waals surface area contributed by atoms with Crippen LogP contribution in [0.15, 0.2) is 47.4 Å². The number of aryl methyl sites for hydroxylation is 1. The number of carbonyl (C=O) groups is 2. The van der Waals surface area contributed by atoms with Gasteiger partial charge in [0, 0.05) is 35.7 Å². The molecule has 2 aromatic carbocycles. The van der Waals surface area contributed by atoms with E-state index in [1.165, 1.54) is 42.1 Å². The zero-order valence-electron chi connectivity index (χ0n) is 15.4. The molecule has 28 heavy (non-hydrogen) atoms. The maximum Gasteiger partial charge on any atom is 0.269 e. The van der Waals surface area contributed by atoms with Crippen LogP contribution < -0.4 is 10.6 Å². The minimum atomic E-state index is -0.482. The van der Waals surface area contributed by atoms with Crippen LogP contribution in [-0.4, -0.2) is 35.1 Å². The van der Waals surface area contributed by atoms with Crippen LogP contribution in [0, 0.1) is 22.9 Å². The molecule has 2 aromatic rings. The van der Waals surface area contributed by atoms with Crippen molar-refractivity contribution in [3.05, 3.63) is 69.5 Å². The summed E-state index contributed by atoms with van der Waals surface area (Å²) in [5, 5.41) is 15.6. The number of nitrogens with zero attached hydrogens (tertiary/aromatic N) is 1. The number of hydrogen-bond acceptors (Lipinski definition) is 5. The van der Waals surface area contributed by atoms with Crippen LogP contribution in [0.2, 0.25) is 0 Å². The predicted octanol–water partition coefficient (Wildman–Crippen LogP) is 3.07. The molecule has 9 heteroatoms. The summed E-state index contributed by atoms with van der Waals surface area (Å²) in [6, 6.07) is 10.2. The molecule has 1 unspecified atom stereocenters. The summed E-state index contributed by atoms with van der Waals surface area (Å²) in [4.78, 5) is 35.0. The van der Waals surface area contributed by atoms with Gasteiger partial charge in [-0.1, -0.05) is 6.07 Å². The Morgan fingerprint density at radius 3 is 2.39 bits per heavy atom. The molecule has 0 aliphatic rings. The van der Waals surface area contributed by atoms with Crippen LogP contribution in [0.4, 0.5) is 10.1 Å². The molecule has 2 amide bonds. The Balaban J connectivity index is 1.74. The summed E-state index contributed by atoms with van der Waals surface area (Å²) in [6.45, 7) is 3.76. The molecule has 0 radical (unpaired) electrons. The molecule has 2 N–H and O–H groups in total. The van der Waals surface area contributed by atoms with Gasteiger partial charge >= 0.3 is 0 Å². The molecule has 7 nitrogen and oxygen atoms in total. The second-order valence-electron chi connectivity index (χ2n) is 6.02. The monoisotopic (exact) mass is 405 g/mol. The molecule has 0 fully saturated rings. The van der Waals surface area contributed by atoms with Crippen molar-refractivity contribution in [3.63, 3.8) is 0 Å². The van der Waals surface area contributed by atoms with Gasteiger partial charge < -0.3 is 10.6 Å². The van der Waals surface area contributed by atoms with E-state index >= 15 is 0 Å². The Hall–Kier alpha value is -2.94. The Labute approximate surface area is 165 Å². The fourth-order valence-corrected chi connectivity index (χ4v) is 3.14. The van der Waals surface area contributed by atoms with Crippen LogP contribution >= 0.6 is 11.8 Å². The van der Waals surface area contributed by atoms with Gasteiger partial charge in [0.15, 0.2) is 0 Å². The van der Waals surface area contributed by atoms with E-state index in [9.17, 15) is 24.1 Å². The van der Waals surface area contributed by atoms with Gasteiger partial charge in [0.2, 0.25) is 5.91 Å². The Bertz CT molecular complexity index is 874. The van der Waals surface area contributed by atoms with E-state index < -0.39 is 21.9 Å². The number of hydrogen-bond donors (Lipinski definition) is 2. The van der Waals surface area contributed by atoms with E-state index in [0.29, 0.717) is 5.56 Å². The lowest BCUT2D eigenvalue weighted by Gasteiger charge is -2.12. The van der Waals surface area contributed by atoms with Gasteiger partial charge in [-0.05, 0) is 43.7 Å². The van der Waals surface area contributed by atoms with Crippen LogP contribution in [0.5, 0.6) is 0 Å². The summed E-state index contributed by atoms with van der Waals surface area (Å²) < 4.78 is 13.5. The maximum absolute atomic E-state index is 13.5. The fraction of sp³-hybridized carbons (Fsp3) is 0.263. The Kier molecular flexibility index (Phi) is 7.51. The second kappa shape index (κ2) is 9.84. The van der Waals surface area contributed by atoms with Gasteiger partial charge in [0.1, 0.15) is 5.82 Å². The van der Waals surface area contributed by atoms with Crippen molar-refractivity contribution < 1.29 is 18.9 Å². The second-order valence-corrected chi connectivity index (χ2v) is 7.44. The molecule has 0 aliphatic heterocycles. The maximum atomic E-state index is 13.5. The summed E-state index contributed by atoms with van der Waals surface area (Å²) in [6.07, 6.45) is 0. The van der Waals surface area contributed by atoms with Crippen molar-refractivity contribution in [1.82, 2.24) is 10.6 Å². The highest BCUT2D eigenvalue weighted by Crippen LogP contribution is 2.25. The summed E-state index contributed by atoms with van der Waals surface area (Å²) >= 11 is 1.27. The number of benzene rings is 2. The van der Waals surface area contributed by atoms with Crippen molar-refractivity contribution in [1.29, 1.82) is 0 Å². The molecular weight excluding hydrogens is 385 g/mol. The molecule has 0 spiro atoms. The normalized spacial score (nSPS) is 11.5. The Morgan fingerprint density at radius 1 is 1.14 bits per heavy atom. The van der Waals surface area contributed by atoms with Crippen LogP contribution in [0.3, 0.4) is 0 Å². The first-order chi connectivity index (χ1) is 13.3. The molecular formula is C19H20FN3O4S. The topological polar surface area (TPSA) is 101 Å². The third-order valence-electron chi connectivity index (χ3n) is 3.87. The average molecular weight is 405 g/mol. The molecule has 0 saturated heterocycles. The smallest absolute Gasteiger partial charge is 0.269 e. The minimum Gasteiger partial charge on any atom is -0.353 e. The first-order valence-electron chi connectivity index (χ1n) is 8.51. The van der Waals surface area contributed by atoms with Crippen molar-refractivity contribution in [2.45, 2.75) is 24.0 Å². The lowest BCUT2D eigenvalue weighted by molar-refractivity contribution is -0.384. The van der Waals surface area contributed by atoms with Gasteiger partial charge in [-0.25, -0.2) is 4.39 Å². The standard InChI is InChI=1S/C19H20FN3O4S/c1-12-3-4-14(11-17(12)20)19(25)22-10-9-21-18(24)13(2)28-16-7-5-15(6-8-16)23(26)27/h3-8,11,13H,9-10H2,1-2H3,(H,21,24)(H,22,25). The van der Waals surface area contributed by atoms with E-state index in [4.69, 9.17) is 0 Å². The van der Waals surface area contributed by atoms with E-state index in [-0.39, 0.29) is 30.2 Å². The van der Waals surface area contributed by atoms with Crippen LogP contribution in [0.1, 0.15) is 22.8 Å². The van der Waals surface area contributed by atoms with E-state index in [1.807, 2.05) is 0 Å². The number of carbonyl (C=O) groups excluding carboxylic acids is 2. The number of halogens is 1. The quantitative estimate of drug-likeness (QED) is 0.304. The SMILES string of the molecule is Cc1ccc(C(=O)NCCNC(=O)C(C)Sc2ccc([N+](=O)[O-])cc2)cc1F. The van der Waals surface area contributed by atoms with Crippen molar-refractivity contribution in [3.8, 4) is 0 Å². The van der Waals surface area contributed by atoms with Crippen LogP contribution in [0.25, 0.3) is 0 Å². The zero-order chi connectivity index (χ0) is 20.7. The summed E-state index contributed by atoms with van der Waals surface area (Å²) in [7, 11) is 0. The number of nitrogens with one attached hydrogen (secondary N) is 2. The van der Waals surface area contributed by atoms with Crippen molar-refractivity contribution in [2.75, 3.05) is 13.1 Å². The lowest BCUT2D eigenvalue weighted by Crippen LogP contribution is -2.37. The number of rotatable bonds is 8. The highest BCUT2D eigenvalue weighted by atomic mass is 32.2. The third-order valence-corrected chi connectivity index (χ3v) is 4.99. The minimum absolute atomic E-state index is 0.00865. The number of thioether (sulfide) groups is 1. The first-order valence-corrected chi connectivity index (χ1v) is 9.39. The fourth-order valence-electron chi connectivity index (χ4n) is 2.25. The summed E-state index contributed by atoms with van der Waals surface area (Å²) in [5.41, 5.74) is 0.672. The zero-order valence-corrected chi connectivity index (χ0v) is 16.2. The molecule has 0 heterocycles. The number of nitro benzene ring substituents is 1. The Morgan fingerprint density at radius 2 is 1.79 bits per heavy atom. The molecule has 0 aromatic heterocycles. The van der Waals surface area contributed by atoms with Gasteiger partial charge in [-0.3, -0.25) is 19.7 Å². The number of nitro groups is 1. The molecule has 0 bridgehead atoms. The number of non-ortho nitro benzene ring substituents is 1. The van der Waals surface area contributed by atoms with Gasteiger partial charge in [0.25, 0.3) is 11.6 Å². The lowest BCUT2D eigenvalue weighted by atomic mass is 10.1. The van der Waals surface area contributed by atoms with Gasteiger partial charge in [-0.15, -0.1) is 11.8 Å². The molecule has 0 saturated carbocycles. The predicted molar refractivity (Wildman–Crippen MR) is 105 cm³/mol. The average Bonchev–Trinajstić information content (AvgIpc) is 2.67. The van der Waals surface area contributed by atoms with Crippen molar-refractivity contribution in [2.24, 2.45) is 0 Å². The highest BCUT2D eigenvalue weighted by molar-refractivity contribution is 8.00. The highest BCUT2D eigenvalue weighted by Gasteiger charge is 2.15. The first kappa shape index (κ1) is 21.4.